The maximum absolute atomic E-state index is 11.8. The van der Waals surface area contributed by atoms with Crippen molar-refractivity contribution < 1.29 is 14.4 Å². The fourth-order valence-corrected chi connectivity index (χ4v) is 1.75. The lowest BCUT2D eigenvalue weighted by Gasteiger charge is -2.11. The molecule has 0 aromatic heterocycles. The third-order valence-electron chi connectivity index (χ3n) is 2.54. The lowest BCUT2D eigenvalue weighted by molar-refractivity contribution is 0.0653. The predicted octanol–water partition coefficient (Wildman–Crippen LogP) is 1.17. The van der Waals surface area contributed by atoms with Gasteiger partial charge in [0.25, 0.3) is 11.8 Å². The molecule has 1 aromatic rings. The topological polar surface area (TPSA) is 54.5 Å². The monoisotopic (exact) mass is 216 g/mol. The van der Waals surface area contributed by atoms with Crippen LogP contribution in [-0.4, -0.2) is 29.5 Å². The number of imide groups is 1. The van der Waals surface area contributed by atoms with E-state index in [0.29, 0.717) is 17.5 Å². The first-order chi connectivity index (χ1) is 7.75. The SMILES string of the molecule is O=[C]CCCN1C(=O)c2ccccc2C1=O. The number of carbonyl (C=O) groups excluding carboxylic acids is 3. The van der Waals surface area contributed by atoms with Crippen LogP contribution in [0.15, 0.2) is 24.3 Å². The molecule has 0 N–H and O–H groups in total. The largest absolute Gasteiger partial charge is 0.291 e. The minimum absolute atomic E-state index is 0.243. The summed E-state index contributed by atoms with van der Waals surface area (Å²) < 4.78 is 0. The maximum Gasteiger partial charge on any atom is 0.261 e. The zero-order chi connectivity index (χ0) is 11.5. The van der Waals surface area contributed by atoms with E-state index in [2.05, 4.69) is 0 Å². The number of nitrogens with zero attached hydrogens (tertiary/aromatic N) is 1. The van der Waals surface area contributed by atoms with Crippen LogP contribution in [0.25, 0.3) is 0 Å². The Morgan fingerprint density at radius 1 is 1.06 bits per heavy atom. The summed E-state index contributed by atoms with van der Waals surface area (Å²) in [4.78, 5) is 34.8. The van der Waals surface area contributed by atoms with Crippen molar-refractivity contribution in [2.75, 3.05) is 6.54 Å². The van der Waals surface area contributed by atoms with Gasteiger partial charge in [-0.05, 0) is 18.6 Å². The van der Waals surface area contributed by atoms with Gasteiger partial charge in [0, 0.05) is 13.0 Å². The highest BCUT2D eigenvalue weighted by Crippen LogP contribution is 2.22. The molecule has 0 spiro atoms. The second-order valence-corrected chi connectivity index (χ2v) is 3.56. The van der Waals surface area contributed by atoms with Gasteiger partial charge in [-0.25, -0.2) is 0 Å². The van der Waals surface area contributed by atoms with Gasteiger partial charge in [0.2, 0.25) is 0 Å². The van der Waals surface area contributed by atoms with Gasteiger partial charge >= 0.3 is 0 Å². The summed E-state index contributed by atoms with van der Waals surface area (Å²) in [5.74, 6) is -0.544. The summed E-state index contributed by atoms with van der Waals surface area (Å²) in [6, 6.07) is 6.74. The fraction of sp³-hybridized carbons (Fsp3) is 0.250. The Hall–Kier alpha value is -1.97. The molecule has 0 bridgehead atoms. The van der Waals surface area contributed by atoms with Gasteiger partial charge in [-0.3, -0.25) is 19.3 Å². The molecule has 1 radical (unpaired) electrons. The Balaban J connectivity index is 2.18. The highest BCUT2D eigenvalue weighted by atomic mass is 16.2. The van der Waals surface area contributed by atoms with Gasteiger partial charge in [0.05, 0.1) is 11.1 Å². The first kappa shape index (κ1) is 10.5. The highest BCUT2D eigenvalue weighted by Gasteiger charge is 2.34. The number of hydrogen-bond donors (Lipinski definition) is 0. The number of benzene rings is 1. The normalized spacial score (nSPS) is 14.1. The number of amides is 2. The van der Waals surface area contributed by atoms with Crippen molar-refractivity contribution >= 4 is 18.1 Å². The average Bonchev–Trinajstić information content (AvgIpc) is 2.55. The zero-order valence-corrected chi connectivity index (χ0v) is 8.60. The Kier molecular flexibility index (Phi) is 2.81. The summed E-state index contributed by atoms with van der Waals surface area (Å²) in [5, 5.41) is 0. The molecule has 4 heteroatoms. The smallest absolute Gasteiger partial charge is 0.261 e. The van der Waals surface area contributed by atoms with E-state index in [9.17, 15) is 14.4 Å². The summed E-state index contributed by atoms with van der Waals surface area (Å²) in [6.07, 6.45) is 2.45. The van der Waals surface area contributed by atoms with Crippen molar-refractivity contribution in [1.29, 1.82) is 0 Å². The summed E-state index contributed by atoms with van der Waals surface area (Å²) >= 11 is 0. The molecule has 81 valence electrons. The van der Waals surface area contributed by atoms with Gasteiger partial charge < -0.3 is 0 Å². The Morgan fingerprint density at radius 3 is 2.12 bits per heavy atom. The molecule has 2 amide bonds. The highest BCUT2D eigenvalue weighted by molar-refractivity contribution is 6.21. The first-order valence-electron chi connectivity index (χ1n) is 5.06. The van der Waals surface area contributed by atoms with Crippen LogP contribution >= 0.6 is 0 Å². The van der Waals surface area contributed by atoms with Crippen LogP contribution in [0.5, 0.6) is 0 Å². The van der Waals surface area contributed by atoms with Crippen LogP contribution in [0.4, 0.5) is 0 Å². The zero-order valence-electron chi connectivity index (χ0n) is 8.60. The van der Waals surface area contributed by atoms with Crippen LogP contribution in [0, 0.1) is 0 Å². The molecule has 1 aliphatic rings. The molecule has 1 heterocycles. The quantitative estimate of drug-likeness (QED) is 0.560. The molecule has 0 saturated heterocycles. The molecule has 0 unspecified atom stereocenters. The number of rotatable bonds is 4. The van der Waals surface area contributed by atoms with E-state index in [-0.39, 0.29) is 24.8 Å². The number of fused-ring (bicyclic) bond motifs is 1. The van der Waals surface area contributed by atoms with Crippen molar-refractivity contribution in [3.63, 3.8) is 0 Å². The number of unbranched alkanes of at least 4 members (excludes halogenated alkanes) is 1. The molecule has 0 atom stereocenters. The number of hydrogen-bond acceptors (Lipinski definition) is 3. The predicted molar refractivity (Wildman–Crippen MR) is 56.7 cm³/mol. The minimum atomic E-state index is -0.272. The van der Waals surface area contributed by atoms with E-state index >= 15 is 0 Å². The molecular formula is C12H10NO3. The molecule has 16 heavy (non-hydrogen) atoms. The Labute approximate surface area is 92.9 Å². The molecule has 4 nitrogen and oxygen atoms in total. The fourth-order valence-electron chi connectivity index (χ4n) is 1.75. The van der Waals surface area contributed by atoms with Gasteiger partial charge in [0.1, 0.15) is 0 Å². The van der Waals surface area contributed by atoms with E-state index in [0.717, 1.165) is 0 Å². The summed E-state index contributed by atoms with van der Waals surface area (Å²) in [5.41, 5.74) is 0.894. The van der Waals surface area contributed by atoms with Crippen molar-refractivity contribution in [2.24, 2.45) is 0 Å². The molecular weight excluding hydrogens is 206 g/mol. The Bertz CT molecular complexity index is 418. The van der Waals surface area contributed by atoms with E-state index < -0.39 is 0 Å². The minimum Gasteiger partial charge on any atom is -0.291 e. The summed E-state index contributed by atoms with van der Waals surface area (Å²) in [6.45, 7) is 0.279. The first-order valence-corrected chi connectivity index (χ1v) is 5.06. The van der Waals surface area contributed by atoms with Crippen LogP contribution in [0.1, 0.15) is 33.6 Å². The van der Waals surface area contributed by atoms with Crippen molar-refractivity contribution in [2.45, 2.75) is 12.8 Å². The molecule has 2 rings (SSSR count). The maximum atomic E-state index is 11.8. The standard InChI is InChI=1S/C12H10NO3/c14-8-4-3-7-13-11(15)9-5-1-2-6-10(9)12(13)16/h1-2,5-6H,3-4,7H2. The van der Waals surface area contributed by atoms with Crippen LogP contribution < -0.4 is 0 Å². The average molecular weight is 216 g/mol. The molecule has 1 aromatic carbocycles. The Morgan fingerprint density at radius 2 is 1.62 bits per heavy atom. The summed E-state index contributed by atoms with van der Waals surface area (Å²) in [7, 11) is 0. The third-order valence-corrected chi connectivity index (χ3v) is 2.54. The van der Waals surface area contributed by atoms with Crippen molar-refractivity contribution in [1.82, 2.24) is 4.90 Å². The van der Waals surface area contributed by atoms with Crippen LogP contribution in [0.3, 0.4) is 0 Å². The molecule has 0 aliphatic carbocycles. The molecule has 0 saturated carbocycles. The van der Waals surface area contributed by atoms with Gasteiger partial charge in [-0.15, -0.1) is 0 Å². The van der Waals surface area contributed by atoms with E-state index in [4.69, 9.17) is 0 Å². The molecule has 0 fully saturated rings. The van der Waals surface area contributed by atoms with Gasteiger partial charge in [0.15, 0.2) is 6.29 Å². The molecule has 1 aliphatic heterocycles. The van der Waals surface area contributed by atoms with Crippen molar-refractivity contribution in [3.05, 3.63) is 35.4 Å². The number of carbonyl (C=O) groups is 2. The lowest BCUT2D eigenvalue weighted by Crippen LogP contribution is -2.30. The third kappa shape index (κ3) is 1.62. The van der Waals surface area contributed by atoms with Gasteiger partial charge in [-0.1, -0.05) is 12.1 Å². The van der Waals surface area contributed by atoms with Crippen LogP contribution in [0.2, 0.25) is 0 Å². The van der Waals surface area contributed by atoms with Crippen molar-refractivity contribution in [3.8, 4) is 0 Å². The second kappa shape index (κ2) is 4.26. The van der Waals surface area contributed by atoms with Crippen LogP contribution in [-0.2, 0) is 4.79 Å². The van der Waals surface area contributed by atoms with E-state index in [1.165, 1.54) is 4.90 Å². The van der Waals surface area contributed by atoms with E-state index in [1.54, 1.807) is 30.6 Å². The van der Waals surface area contributed by atoms with E-state index in [1.807, 2.05) is 0 Å². The van der Waals surface area contributed by atoms with Gasteiger partial charge in [-0.2, -0.15) is 0 Å². The lowest BCUT2D eigenvalue weighted by atomic mass is 10.1. The second-order valence-electron chi connectivity index (χ2n) is 3.56.